The van der Waals surface area contributed by atoms with Crippen LogP contribution in [0.4, 0.5) is 5.69 Å². The number of amides is 1. The Kier molecular flexibility index (Phi) is 5.36. The van der Waals surface area contributed by atoms with E-state index in [0.29, 0.717) is 25.1 Å². The minimum atomic E-state index is -0.357. The van der Waals surface area contributed by atoms with Gasteiger partial charge in [-0.05, 0) is 36.5 Å². The van der Waals surface area contributed by atoms with Gasteiger partial charge in [0.05, 0.1) is 12.5 Å². The van der Waals surface area contributed by atoms with Crippen LogP contribution in [-0.4, -0.2) is 23.7 Å². The number of aliphatic hydroxyl groups excluding tert-OH is 1. The Balaban J connectivity index is 2.41. The van der Waals surface area contributed by atoms with Gasteiger partial charge in [-0.3, -0.25) is 4.79 Å². The van der Waals surface area contributed by atoms with Crippen LogP contribution in [0.3, 0.4) is 0 Å². The lowest BCUT2D eigenvalue weighted by Crippen LogP contribution is -2.36. The van der Waals surface area contributed by atoms with Crippen molar-refractivity contribution in [2.75, 3.05) is 12.3 Å². The zero-order valence-corrected chi connectivity index (χ0v) is 11.9. The first-order valence-electron chi connectivity index (χ1n) is 6.58. The van der Waals surface area contributed by atoms with Crippen LogP contribution < -0.4 is 11.1 Å². The standard InChI is InChI=1S/C15H24N2O2/c1-11(18)9-15(2,3)10-17-14(19)8-12-4-6-13(16)7-5-12/h4-7,11,18H,8-10,16H2,1-3H3,(H,17,19). The van der Waals surface area contributed by atoms with Crippen LogP contribution >= 0.6 is 0 Å². The fraction of sp³-hybridized carbons (Fsp3) is 0.533. The second kappa shape index (κ2) is 6.57. The van der Waals surface area contributed by atoms with Crippen LogP contribution in [-0.2, 0) is 11.2 Å². The molecule has 1 rings (SSSR count). The third-order valence-corrected chi connectivity index (χ3v) is 2.96. The summed E-state index contributed by atoms with van der Waals surface area (Å²) in [6, 6.07) is 7.30. The molecule has 0 spiro atoms. The van der Waals surface area contributed by atoms with Gasteiger partial charge in [-0.1, -0.05) is 26.0 Å². The van der Waals surface area contributed by atoms with Crippen molar-refractivity contribution in [1.29, 1.82) is 0 Å². The highest BCUT2D eigenvalue weighted by atomic mass is 16.3. The number of aliphatic hydroxyl groups is 1. The predicted molar refractivity (Wildman–Crippen MR) is 77.6 cm³/mol. The Morgan fingerprint density at radius 2 is 1.95 bits per heavy atom. The number of hydrogen-bond acceptors (Lipinski definition) is 3. The Hall–Kier alpha value is -1.55. The fourth-order valence-corrected chi connectivity index (χ4v) is 2.09. The first-order chi connectivity index (χ1) is 8.78. The van der Waals surface area contributed by atoms with Gasteiger partial charge in [-0.2, -0.15) is 0 Å². The summed E-state index contributed by atoms with van der Waals surface area (Å²) in [5.74, 6) is -0.0107. The number of anilines is 1. The molecule has 0 radical (unpaired) electrons. The van der Waals surface area contributed by atoms with Crippen molar-refractivity contribution in [3.05, 3.63) is 29.8 Å². The molecule has 106 valence electrons. The Bertz CT molecular complexity index is 411. The second-order valence-electron chi connectivity index (χ2n) is 5.91. The first kappa shape index (κ1) is 15.5. The van der Waals surface area contributed by atoms with Crippen LogP contribution in [0.15, 0.2) is 24.3 Å². The monoisotopic (exact) mass is 264 g/mol. The van der Waals surface area contributed by atoms with Crippen molar-refractivity contribution in [2.45, 2.75) is 39.7 Å². The van der Waals surface area contributed by atoms with Gasteiger partial charge in [0, 0.05) is 12.2 Å². The molecule has 4 nitrogen and oxygen atoms in total. The van der Waals surface area contributed by atoms with E-state index >= 15 is 0 Å². The summed E-state index contributed by atoms with van der Waals surface area (Å²) < 4.78 is 0. The Labute approximate surface area is 115 Å². The van der Waals surface area contributed by atoms with Gasteiger partial charge < -0.3 is 16.2 Å². The largest absolute Gasteiger partial charge is 0.399 e. The molecule has 0 aliphatic heterocycles. The summed E-state index contributed by atoms with van der Waals surface area (Å²) >= 11 is 0. The highest BCUT2D eigenvalue weighted by Crippen LogP contribution is 2.21. The highest BCUT2D eigenvalue weighted by Gasteiger charge is 2.21. The zero-order chi connectivity index (χ0) is 14.5. The predicted octanol–water partition coefficient (Wildman–Crippen LogP) is 1.72. The number of nitrogen functional groups attached to an aromatic ring is 1. The third kappa shape index (κ3) is 6.25. The minimum Gasteiger partial charge on any atom is -0.399 e. The molecule has 19 heavy (non-hydrogen) atoms. The molecule has 0 heterocycles. The van der Waals surface area contributed by atoms with E-state index in [9.17, 15) is 9.90 Å². The zero-order valence-electron chi connectivity index (χ0n) is 11.9. The number of carbonyl (C=O) groups excluding carboxylic acids is 1. The number of rotatable bonds is 6. The molecule has 0 saturated heterocycles. The topological polar surface area (TPSA) is 75.3 Å². The van der Waals surface area contributed by atoms with Crippen LogP contribution in [0.1, 0.15) is 32.8 Å². The molecule has 1 amide bonds. The third-order valence-electron chi connectivity index (χ3n) is 2.96. The van der Waals surface area contributed by atoms with Crippen LogP contribution in [0.2, 0.25) is 0 Å². The molecule has 0 fully saturated rings. The van der Waals surface area contributed by atoms with Crippen molar-refractivity contribution in [3.8, 4) is 0 Å². The molecule has 4 heteroatoms. The van der Waals surface area contributed by atoms with Gasteiger partial charge in [0.2, 0.25) is 5.91 Å². The number of benzene rings is 1. The highest BCUT2D eigenvalue weighted by molar-refractivity contribution is 5.78. The second-order valence-corrected chi connectivity index (χ2v) is 5.91. The summed E-state index contributed by atoms with van der Waals surface area (Å²) in [4.78, 5) is 11.8. The fourth-order valence-electron chi connectivity index (χ4n) is 2.09. The minimum absolute atomic E-state index is 0.0107. The van der Waals surface area contributed by atoms with Crippen LogP contribution in [0.25, 0.3) is 0 Å². The lowest BCUT2D eigenvalue weighted by molar-refractivity contribution is -0.121. The van der Waals surface area contributed by atoms with E-state index in [4.69, 9.17) is 5.73 Å². The molecule has 0 aliphatic carbocycles. The molecule has 0 bridgehead atoms. The summed E-state index contributed by atoms with van der Waals surface area (Å²) in [6.45, 7) is 6.39. The average molecular weight is 264 g/mol. The van der Waals surface area contributed by atoms with E-state index in [2.05, 4.69) is 5.32 Å². The smallest absolute Gasteiger partial charge is 0.224 e. The number of carbonyl (C=O) groups is 1. The number of hydrogen-bond donors (Lipinski definition) is 3. The average Bonchev–Trinajstić information content (AvgIpc) is 2.28. The Morgan fingerprint density at radius 3 is 2.47 bits per heavy atom. The van der Waals surface area contributed by atoms with Crippen molar-refractivity contribution >= 4 is 11.6 Å². The van der Waals surface area contributed by atoms with Gasteiger partial charge in [0.15, 0.2) is 0 Å². The van der Waals surface area contributed by atoms with Gasteiger partial charge in [-0.25, -0.2) is 0 Å². The quantitative estimate of drug-likeness (QED) is 0.685. The van der Waals surface area contributed by atoms with E-state index in [1.54, 1.807) is 19.1 Å². The molecule has 1 aromatic carbocycles. The van der Waals surface area contributed by atoms with E-state index in [1.165, 1.54) is 0 Å². The SMILES string of the molecule is CC(O)CC(C)(C)CNC(=O)Cc1ccc(N)cc1. The molecule has 1 unspecified atom stereocenters. The maximum Gasteiger partial charge on any atom is 0.224 e. The first-order valence-corrected chi connectivity index (χ1v) is 6.58. The molecular weight excluding hydrogens is 240 g/mol. The van der Waals surface area contributed by atoms with Gasteiger partial charge in [-0.15, -0.1) is 0 Å². The maximum absolute atomic E-state index is 11.8. The molecule has 1 aromatic rings. The number of nitrogens with two attached hydrogens (primary N) is 1. The molecule has 4 N–H and O–H groups in total. The summed E-state index contributed by atoms with van der Waals surface area (Å²) in [6.07, 6.45) is 0.657. The van der Waals surface area contributed by atoms with Crippen molar-refractivity contribution in [1.82, 2.24) is 5.32 Å². The number of nitrogens with one attached hydrogen (secondary N) is 1. The van der Waals surface area contributed by atoms with E-state index < -0.39 is 0 Å². The summed E-state index contributed by atoms with van der Waals surface area (Å²) in [5.41, 5.74) is 7.13. The van der Waals surface area contributed by atoms with Crippen molar-refractivity contribution in [2.24, 2.45) is 5.41 Å². The molecule has 0 aliphatic rings. The van der Waals surface area contributed by atoms with Gasteiger partial charge >= 0.3 is 0 Å². The van der Waals surface area contributed by atoms with Crippen LogP contribution in [0, 0.1) is 5.41 Å². The molecule has 1 atom stereocenters. The summed E-state index contributed by atoms with van der Waals surface area (Å²) in [7, 11) is 0. The lowest BCUT2D eigenvalue weighted by atomic mass is 9.87. The van der Waals surface area contributed by atoms with Crippen molar-refractivity contribution < 1.29 is 9.90 Å². The van der Waals surface area contributed by atoms with E-state index in [1.807, 2.05) is 26.0 Å². The summed E-state index contributed by atoms with van der Waals surface area (Å²) in [5, 5.41) is 12.3. The van der Waals surface area contributed by atoms with Gasteiger partial charge in [0.1, 0.15) is 0 Å². The Morgan fingerprint density at radius 1 is 1.37 bits per heavy atom. The van der Waals surface area contributed by atoms with Crippen LogP contribution in [0.5, 0.6) is 0 Å². The van der Waals surface area contributed by atoms with Crippen molar-refractivity contribution in [3.63, 3.8) is 0 Å². The maximum atomic E-state index is 11.8. The lowest BCUT2D eigenvalue weighted by Gasteiger charge is -2.26. The molecule has 0 saturated carbocycles. The molecular formula is C15H24N2O2. The normalized spacial score (nSPS) is 13.1. The molecule has 0 aromatic heterocycles. The van der Waals surface area contributed by atoms with Gasteiger partial charge in [0.25, 0.3) is 0 Å². The van der Waals surface area contributed by atoms with E-state index in [0.717, 1.165) is 5.56 Å². The van der Waals surface area contributed by atoms with E-state index in [-0.39, 0.29) is 17.4 Å².